The van der Waals surface area contributed by atoms with Gasteiger partial charge >= 0.3 is 0 Å². The highest BCUT2D eigenvalue weighted by atomic mass is 35.5. The zero-order valence-electron chi connectivity index (χ0n) is 20.7. The number of halogens is 1. The molecule has 0 N–H and O–H groups in total. The van der Waals surface area contributed by atoms with Crippen molar-refractivity contribution < 1.29 is 14.2 Å². The van der Waals surface area contributed by atoms with Crippen molar-refractivity contribution in [3.8, 4) is 28.4 Å². The van der Waals surface area contributed by atoms with E-state index in [4.69, 9.17) is 14.2 Å². The molecule has 4 nitrogen and oxygen atoms in total. The number of hydrogen-bond acceptors (Lipinski definition) is 4. The van der Waals surface area contributed by atoms with E-state index >= 15 is 0 Å². The lowest BCUT2D eigenvalue weighted by atomic mass is 9.82. The van der Waals surface area contributed by atoms with Gasteiger partial charge in [0.1, 0.15) is 23.9 Å². The van der Waals surface area contributed by atoms with Crippen molar-refractivity contribution in [2.45, 2.75) is 32.3 Å². The quantitative estimate of drug-likeness (QED) is 0.352. The van der Waals surface area contributed by atoms with Crippen LogP contribution >= 0.6 is 12.4 Å². The van der Waals surface area contributed by atoms with Crippen molar-refractivity contribution in [3.63, 3.8) is 0 Å². The maximum absolute atomic E-state index is 6.14. The number of benzene rings is 3. The smallest absolute Gasteiger partial charge is 0.130 e. The molecule has 3 aromatic rings. The van der Waals surface area contributed by atoms with Crippen molar-refractivity contribution in [1.82, 2.24) is 4.90 Å². The first-order valence-electron chi connectivity index (χ1n) is 11.8. The summed E-state index contributed by atoms with van der Waals surface area (Å²) < 4.78 is 17.0. The predicted octanol–water partition coefficient (Wildman–Crippen LogP) is 6.43. The van der Waals surface area contributed by atoms with Gasteiger partial charge in [-0.1, -0.05) is 30.3 Å². The molecule has 0 heterocycles. The van der Waals surface area contributed by atoms with E-state index in [1.807, 2.05) is 18.2 Å². The second-order valence-corrected chi connectivity index (χ2v) is 9.18. The molecule has 5 heteroatoms. The molecule has 0 aliphatic heterocycles. The van der Waals surface area contributed by atoms with Gasteiger partial charge in [0, 0.05) is 11.6 Å². The Bertz CT molecular complexity index is 1070. The van der Waals surface area contributed by atoms with Gasteiger partial charge in [0.05, 0.1) is 14.2 Å². The van der Waals surface area contributed by atoms with Crippen LogP contribution in [0, 0.1) is 5.92 Å². The van der Waals surface area contributed by atoms with Crippen LogP contribution in [-0.2, 0) is 19.4 Å². The highest BCUT2D eigenvalue weighted by molar-refractivity contribution is 5.85. The minimum Gasteiger partial charge on any atom is -0.497 e. The maximum atomic E-state index is 6.14. The zero-order chi connectivity index (χ0) is 23.2. The standard InChI is InChI=1S/C29H35NO3.ClH/c1-30(2)16-15-21-5-10-25-18-27(12-11-24(25)17-21)33-20-22-6-8-23(9-7-22)28-14-13-26(31-3)19-29(28)32-4;/h6-9,11-14,18-19,21H,5,10,15-17,20H2,1-4H3;1H. The third-order valence-electron chi connectivity index (χ3n) is 6.57. The summed E-state index contributed by atoms with van der Waals surface area (Å²) in [5.41, 5.74) is 6.25. The van der Waals surface area contributed by atoms with Crippen LogP contribution < -0.4 is 14.2 Å². The Labute approximate surface area is 210 Å². The Kier molecular flexibility index (Phi) is 9.26. The Hall–Kier alpha value is -2.69. The molecule has 1 unspecified atom stereocenters. The molecular formula is C29H36ClNO3. The van der Waals surface area contributed by atoms with Crippen LogP contribution in [0.4, 0.5) is 0 Å². The van der Waals surface area contributed by atoms with E-state index in [2.05, 4.69) is 61.5 Å². The maximum Gasteiger partial charge on any atom is 0.130 e. The summed E-state index contributed by atoms with van der Waals surface area (Å²) in [5.74, 6) is 3.35. The topological polar surface area (TPSA) is 30.9 Å². The predicted molar refractivity (Wildman–Crippen MR) is 142 cm³/mol. The summed E-state index contributed by atoms with van der Waals surface area (Å²) in [6, 6.07) is 21.0. The van der Waals surface area contributed by atoms with Gasteiger partial charge in [-0.15, -0.1) is 12.4 Å². The molecule has 1 atom stereocenters. The van der Waals surface area contributed by atoms with E-state index in [-0.39, 0.29) is 12.4 Å². The fraction of sp³-hybridized carbons (Fsp3) is 0.379. The molecule has 0 saturated heterocycles. The second kappa shape index (κ2) is 12.1. The first kappa shape index (κ1) is 25.9. The monoisotopic (exact) mass is 481 g/mol. The van der Waals surface area contributed by atoms with Gasteiger partial charge in [-0.25, -0.2) is 0 Å². The Balaban J connectivity index is 0.00000324. The molecule has 182 valence electrons. The highest BCUT2D eigenvalue weighted by Crippen LogP contribution is 2.34. The largest absolute Gasteiger partial charge is 0.497 e. The average Bonchev–Trinajstić information content (AvgIpc) is 2.86. The fourth-order valence-electron chi connectivity index (χ4n) is 4.57. The number of aryl methyl sites for hydroxylation is 1. The summed E-state index contributed by atoms with van der Waals surface area (Å²) in [6.45, 7) is 1.73. The van der Waals surface area contributed by atoms with Crippen molar-refractivity contribution >= 4 is 12.4 Å². The third kappa shape index (κ3) is 6.46. The first-order chi connectivity index (χ1) is 16.1. The molecule has 0 amide bonds. The van der Waals surface area contributed by atoms with E-state index in [9.17, 15) is 0 Å². The Morgan fingerprint density at radius 3 is 2.32 bits per heavy atom. The van der Waals surface area contributed by atoms with Gasteiger partial charge in [-0.3, -0.25) is 0 Å². The van der Waals surface area contributed by atoms with E-state index in [1.54, 1.807) is 14.2 Å². The molecule has 4 rings (SSSR count). The van der Waals surface area contributed by atoms with E-state index < -0.39 is 0 Å². The second-order valence-electron chi connectivity index (χ2n) is 9.18. The summed E-state index contributed by atoms with van der Waals surface area (Å²) in [4.78, 5) is 2.28. The van der Waals surface area contributed by atoms with Gasteiger partial charge in [0.2, 0.25) is 0 Å². The molecular weight excluding hydrogens is 446 g/mol. The van der Waals surface area contributed by atoms with Crippen LogP contribution in [0.1, 0.15) is 29.5 Å². The van der Waals surface area contributed by atoms with Gasteiger partial charge < -0.3 is 19.1 Å². The van der Waals surface area contributed by atoms with Crippen molar-refractivity contribution in [1.29, 1.82) is 0 Å². The summed E-state index contributed by atoms with van der Waals surface area (Å²) in [5, 5.41) is 0. The number of rotatable bonds is 9. The molecule has 0 fully saturated rings. The van der Waals surface area contributed by atoms with Gasteiger partial charge in [0.25, 0.3) is 0 Å². The van der Waals surface area contributed by atoms with Crippen molar-refractivity contribution in [2.75, 3.05) is 34.9 Å². The van der Waals surface area contributed by atoms with Crippen LogP contribution in [0.25, 0.3) is 11.1 Å². The van der Waals surface area contributed by atoms with Crippen LogP contribution in [0.5, 0.6) is 17.2 Å². The minimum atomic E-state index is 0. The van der Waals surface area contributed by atoms with Crippen LogP contribution in [-0.4, -0.2) is 39.8 Å². The van der Waals surface area contributed by atoms with Crippen molar-refractivity contribution in [2.24, 2.45) is 5.92 Å². The zero-order valence-corrected chi connectivity index (χ0v) is 21.5. The lowest BCUT2D eigenvalue weighted by Gasteiger charge is -2.26. The van der Waals surface area contributed by atoms with E-state index in [0.29, 0.717) is 6.61 Å². The SMILES string of the molecule is COc1ccc(-c2ccc(COc3ccc4c(c3)CCC(CCN(C)C)C4)cc2)c(OC)c1.Cl. The lowest BCUT2D eigenvalue weighted by Crippen LogP contribution is -2.21. The first-order valence-corrected chi connectivity index (χ1v) is 11.8. The number of fused-ring (bicyclic) bond motifs is 1. The molecule has 0 saturated carbocycles. The number of ether oxygens (including phenoxy) is 3. The fourth-order valence-corrected chi connectivity index (χ4v) is 4.57. The van der Waals surface area contributed by atoms with Crippen molar-refractivity contribution in [3.05, 3.63) is 77.4 Å². The number of hydrogen-bond donors (Lipinski definition) is 0. The molecule has 0 bridgehead atoms. The molecule has 1 aliphatic carbocycles. The molecule has 0 radical (unpaired) electrons. The Morgan fingerprint density at radius 2 is 1.62 bits per heavy atom. The molecule has 0 spiro atoms. The minimum absolute atomic E-state index is 0. The molecule has 0 aromatic heterocycles. The number of nitrogens with zero attached hydrogens (tertiary/aromatic N) is 1. The Morgan fingerprint density at radius 1 is 0.853 bits per heavy atom. The average molecular weight is 482 g/mol. The van der Waals surface area contributed by atoms with Crippen LogP contribution in [0.2, 0.25) is 0 Å². The van der Waals surface area contributed by atoms with E-state index in [0.717, 1.165) is 46.3 Å². The normalized spacial score (nSPS) is 14.8. The van der Waals surface area contributed by atoms with Crippen LogP contribution in [0.15, 0.2) is 60.7 Å². The van der Waals surface area contributed by atoms with Gasteiger partial charge in [-0.05, 0) is 98.8 Å². The third-order valence-corrected chi connectivity index (χ3v) is 6.57. The molecule has 1 aliphatic rings. The summed E-state index contributed by atoms with van der Waals surface area (Å²) >= 11 is 0. The highest BCUT2D eigenvalue weighted by Gasteiger charge is 2.19. The summed E-state index contributed by atoms with van der Waals surface area (Å²) in [6.07, 6.45) is 4.91. The van der Waals surface area contributed by atoms with Crippen LogP contribution in [0.3, 0.4) is 0 Å². The van der Waals surface area contributed by atoms with E-state index in [1.165, 1.54) is 36.9 Å². The van der Waals surface area contributed by atoms with Gasteiger partial charge in [-0.2, -0.15) is 0 Å². The molecule has 34 heavy (non-hydrogen) atoms. The lowest BCUT2D eigenvalue weighted by molar-refractivity contribution is 0.304. The van der Waals surface area contributed by atoms with Gasteiger partial charge in [0.15, 0.2) is 0 Å². The summed E-state index contributed by atoms with van der Waals surface area (Å²) in [7, 11) is 7.66. The molecule has 3 aromatic carbocycles. The number of methoxy groups -OCH3 is 2.